The molecule has 0 radical (unpaired) electrons. The third kappa shape index (κ3) is 13.6. The van der Waals surface area contributed by atoms with Crippen molar-refractivity contribution < 1.29 is 43.2 Å². The van der Waals surface area contributed by atoms with Gasteiger partial charge in [0.2, 0.25) is 5.91 Å². The zero-order valence-electron chi connectivity index (χ0n) is 10.2. The Kier molecular flexibility index (Phi) is 6.99. The molecule has 1 rings (SSSR count). The minimum atomic E-state index is -5.05. The molecule has 0 spiro atoms. The van der Waals surface area contributed by atoms with E-state index in [4.69, 9.17) is 29.8 Å². The van der Waals surface area contributed by atoms with Gasteiger partial charge in [0.25, 0.3) is 0 Å². The molecule has 0 bridgehead atoms. The summed E-state index contributed by atoms with van der Waals surface area (Å²) >= 11 is 0. The molecule has 0 aliphatic rings. The summed E-state index contributed by atoms with van der Waals surface area (Å²) in [6, 6.07) is 8.99. The van der Waals surface area contributed by atoms with E-state index in [0.717, 1.165) is 0 Å². The number of hydrogen-bond donors (Lipinski definition) is 7. The van der Waals surface area contributed by atoms with Crippen LogP contribution in [0.2, 0.25) is 0 Å². The second-order valence-corrected chi connectivity index (χ2v) is 6.19. The maximum Gasteiger partial charge on any atom is 0.478 e. The zero-order valence-corrected chi connectivity index (χ0v) is 12.0. The lowest BCUT2D eigenvalue weighted by Gasteiger charge is -2.18. The first kappa shape index (κ1) is 19.2. The first-order valence-corrected chi connectivity index (χ1v) is 7.95. The minimum Gasteiger partial charge on any atom is -0.349 e. The summed E-state index contributed by atoms with van der Waals surface area (Å²) in [5.41, 5.74) is 0.681. The van der Waals surface area contributed by atoms with Gasteiger partial charge in [0.05, 0.1) is 0 Å². The summed E-state index contributed by atoms with van der Waals surface area (Å²) in [4.78, 5) is 31.0. The molecule has 0 heterocycles. The Morgan fingerprint density at radius 1 is 1.00 bits per heavy atom. The fourth-order valence-electron chi connectivity index (χ4n) is 0.933. The fraction of sp³-hybridized carbons (Fsp3) is 0.250. The molecule has 12 heteroatoms. The summed E-state index contributed by atoms with van der Waals surface area (Å²) < 4.78 is 22.2. The van der Waals surface area contributed by atoms with Crippen molar-refractivity contribution in [3.05, 3.63) is 30.3 Å². The highest BCUT2D eigenvalue weighted by atomic mass is 31.3. The Bertz CT molecular complexity index is 468. The third-order valence-corrected chi connectivity index (χ3v) is 3.07. The molecule has 0 aliphatic carbocycles. The fourth-order valence-corrected chi connectivity index (χ4v) is 2.04. The SMILES string of the molecule is CC(O)(O)Nc1ccccc1.O=P(O)(O)OP(=O)(O)O. The number of phosphoric acid groups is 2. The van der Waals surface area contributed by atoms with Crippen LogP contribution in [0.5, 0.6) is 0 Å². The number of anilines is 1. The molecule has 0 unspecified atom stereocenters. The number of aliphatic hydroxyl groups is 2. The Morgan fingerprint density at radius 2 is 1.40 bits per heavy atom. The number of nitrogens with one attached hydrogen (secondary N) is 1. The largest absolute Gasteiger partial charge is 0.478 e. The standard InChI is InChI=1S/C8H11NO2.H4O7P2/c1-8(10,11)9-7-5-3-2-4-6-7;1-8(2,3)7-9(4,5)6/h2-6,9-11H,1H3;(H2,1,2,3)(H2,4,5,6). The molecule has 0 fully saturated rings. The Balaban J connectivity index is 0.000000370. The highest BCUT2D eigenvalue weighted by molar-refractivity contribution is 7.60. The summed E-state index contributed by atoms with van der Waals surface area (Å²) in [7, 11) is -10.1. The van der Waals surface area contributed by atoms with Crippen molar-refractivity contribution in [1.29, 1.82) is 0 Å². The van der Waals surface area contributed by atoms with Gasteiger partial charge in [-0.2, -0.15) is 4.31 Å². The van der Waals surface area contributed by atoms with Crippen molar-refractivity contribution in [1.82, 2.24) is 0 Å². The van der Waals surface area contributed by atoms with Crippen molar-refractivity contribution in [2.24, 2.45) is 0 Å². The van der Waals surface area contributed by atoms with Crippen molar-refractivity contribution in [2.45, 2.75) is 12.8 Å². The Hall–Kier alpha value is -0.800. The predicted molar refractivity (Wildman–Crippen MR) is 68.1 cm³/mol. The highest BCUT2D eigenvalue weighted by Crippen LogP contribution is 2.53. The summed E-state index contributed by atoms with van der Waals surface area (Å²) in [5, 5.41) is 20.3. The van der Waals surface area contributed by atoms with Crippen LogP contribution in [0.1, 0.15) is 6.92 Å². The Labute approximate surface area is 114 Å². The van der Waals surface area contributed by atoms with E-state index < -0.39 is 21.6 Å². The van der Waals surface area contributed by atoms with Crippen molar-refractivity contribution in [3.8, 4) is 0 Å². The maximum absolute atomic E-state index is 9.63. The van der Waals surface area contributed by atoms with Crippen LogP contribution in [0.25, 0.3) is 0 Å². The average molecular weight is 331 g/mol. The summed E-state index contributed by atoms with van der Waals surface area (Å²) in [6.07, 6.45) is 0. The monoisotopic (exact) mass is 331 g/mol. The summed E-state index contributed by atoms with van der Waals surface area (Å²) in [6.45, 7) is 1.26. The van der Waals surface area contributed by atoms with Gasteiger partial charge in [-0.15, -0.1) is 0 Å². The van der Waals surface area contributed by atoms with E-state index in [1.54, 1.807) is 12.1 Å². The van der Waals surface area contributed by atoms with Gasteiger partial charge in [-0.05, 0) is 12.1 Å². The van der Waals surface area contributed by atoms with Gasteiger partial charge in [0, 0.05) is 12.6 Å². The smallest absolute Gasteiger partial charge is 0.349 e. The van der Waals surface area contributed by atoms with Crippen LogP contribution in [0, 0.1) is 0 Å². The summed E-state index contributed by atoms with van der Waals surface area (Å²) in [5.74, 6) is -1.85. The molecular formula is C8H15NO9P2. The molecule has 0 saturated heterocycles. The average Bonchev–Trinajstić information content (AvgIpc) is 2.10. The number of para-hydroxylation sites is 1. The topological polar surface area (TPSA) is 177 Å². The lowest BCUT2D eigenvalue weighted by atomic mass is 10.3. The number of hydrogen-bond acceptors (Lipinski definition) is 6. The molecule has 10 nitrogen and oxygen atoms in total. The molecular weight excluding hydrogens is 316 g/mol. The van der Waals surface area contributed by atoms with Gasteiger partial charge in [-0.25, -0.2) is 9.13 Å². The van der Waals surface area contributed by atoms with Gasteiger partial charge >= 0.3 is 15.6 Å². The van der Waals surface area contributed by atoms with Crippen molar-refractivity contribution in [3.63, 3.8) is 0 Å². The van der Waals surface area contributed by atoms with Gasteiger partial charge in [-0.1, -0.05) is 18.2 Å². The first-order chi connectivity index (χ1) is 8.79. The van der Waals surface area contributed by atoms with Gasteiger partial charge in [0.15, 0.2) is 0 Å². The molecule has 116 valence electrons. The van der Waals surface area contributed by atoms with Crippen LogP contribution in [0.3, 0.4) is 0 Å². The van der Waals surface area contributed by atoms with E-state index in [0.29, 0.717) is 5.69 Å². The van der Waals surface area contributed by atoms with Gasteiger partial charge < -0.3 is 35.1 Å². The quantitative estimate of drug-likeness (QED) is 0.292. The minimum absolute atomic E-state index is 0.681. The van der Waals surface area contributed by atoms with Gasteiger partial charge in [0.1, 0.15) is 0 Å². The maximum atomic E-state index is 9.63. The molecule has 1 aromatic rings. The molecule has 0 atom stereocenters. The lowest BCUT2D eigenvalue weighted by molar-refractivity contribution is -0.118. The van der Waals surface area contributed by atoms with E-state index in [1.165, 1.54) is 6.92 Å². The van der Waals surface area contributed by atoms with E-state index in [2.05, 4.69) is 9.63 Å². The number of rotatable bonds is 4. The van der Waals surface area contributed by atoms with Crippen LogP contribution >= 0.6 is 15.6 Å². The molecule has 7 N–H and O–H groups in total. The highest BCUT2D eigenvalue weighted by Gasteiger charge is 2.27. The predicted octanol–water partition coefficient (Wildman–Crippen LogP) is -0.0548. The van der Waals surface area contributed by atoms with Crippen LogP contribution in [0.4, 0.5) is 5.69 Å². The van der Waals surface area contributed by atoms with Crippen LogP contribution in [-0.4, -0.2) is 35.7 Å². The van der Waals surface area contributed by atoms with Crippen molar-refractivity contribution in [2.75, 3.05) is 5.32 Å². The van der Waals surface area contributed by atoms with Crippen LogP contribution in [-0.2, 0) is 13.4 Å². The van der Waals surface area contributed by atoms with E-state index in [9.17, 15) is 9.13 Å². The van der Waals surface area contributed by atoms with Crippen LogP contribution in [0.15, 0.2) is 30.3 Å². The third-order valence-electron chi connectivity index (χ3n) is 1.37. The molecule has 20 heavy (non-hydrogen) atoms. The second-order valence-electron chi connectivity index (χ2n) is 3.57. The molecule has 0 amide bonds. The first-order valence-electron chi connectivity index (χ1n) is 4.89. The van der Waals surface area contributed by atoms with Crippen LogP contribution < -0.4 is 5.32 Å². The van der Waals surface area contributed by atoms with Crippen molar-refractivity contribution >= 4 is 21.3 Å². The van der Waals surface area contributed by atoms with E-state index in [-0.39, 0.29) is 0 Å². The van der Waals surface area contributed by atoms with E-state index in [1.807, 2.05) is 18.2 Å². The van der Waals surface area contributed by atoms with Gasteiger partial charge in [-0.3, -0.25) is 0 Å². The molecule has 1 aromatic carbocycles. The second kappa shape index (κ2) is 7.28. The molecule has 0 aliphatic heterocycles. The van der Waals surface area contributed by atoms with E-state index >= 15 is 0 Å². The molecule has 0 saturated carbocycles. The zero-order chi connectivity index (χ0) is 16.0. The number of benzene rings is 1. The Morgan fingerprint density at radius 3 is 1.65 bits per heavy atom. The lowest BCUT2D eigenvalue weighted by Crippen LogP contribution is -2.33. The normalized spacial score (nSPS) is 12.3. The molecule has 0 aromatic heterocycles.